The molecule has 0 saturated carbocycles. The molecule has 0 aromatic carbocycles. The van der Waals surface area contributed by atoms with Crippen LogP contribution >= 0.6 is 0 Å². The summed E-state index contributed by atoms with van der Waals surface area (Å²) in [6.07, 6.45) is 1.16. The van der Waals surface area contributed by atoms with E-state index in [0.29, 0.717) is 6.08 Å². The summed E-state index contributed by atoms with van der Waals surface area (Å²) in [5.41, 5.74) is -4.55. The van der Waals surface area contributed by atoms with Crippen molar-refractivity contribution in [2.45, 2.75) is 39.6 Å². The molecule has 4 nitrogen and oxygen atoms in total. The van der Waals surface area contributed by atoms with Gasteiger partial charge >= 0.3 is 5.97 Å². The van der Waals surface area contributed by atoms with Crippen LogP contribution in [0.25, 0.3) is 0 Å². The van der Waals surface area contributed by atoms with Crippen LogP contribution in [-0.2, 0) is 9.59 Å². The maximum Gasteiger partial charge on any atom is 0.328 e. The molecule has 0 spiro atoms. The van der Waals surface area contributed by atoms with E-state index < -0.39 is 48.4 Å². The van der Waals surface area contributed by atoms with E-state index in [0.717, 1.165) is 6.08 Å². The van der Waals surface area contributed by atoms with Crippen molar-refractivity contribution in [1.82, 2.24) is 0 Å². The number of carbonyl (C=O) groups is 2. The Morgan fingerprint density at radius 3 is 2.79 bits per heavy atom. The van der Waals surface area contributed by atoms with E-state index in [1.165, 1.54) is 13.8 Å². The first-order valence-corrected chi connectivity index (χ1v) is 5.57. The molecule has 0 aliphatic heterocycles. The van der Waals surface area contributed by atoms with Crippen molar-refractivity contribution >= 4 is 11.8 Å². The Morgan fingerprint density at radius 1 is 1.58 bits per heavy atom. The highest BCUT2D eigenvalue weighted by Crippen LogP contribution is 2.44. The van der Waals surface area contributed by atoms with Crippen LogP contribution in [0.2, 0.25) is 0 Å². The Balaban J connectivity index is 3.74. The molecule has 1 aliphatic rings. The van der Waals surface area contributed by atoms with Crippen LogP contribution in [0.5, 0.6) is 0 Å². The van der Waals surface area contributed by atoms with E-state index in [1.54, 1.807) is 0 Å². The van der Waals surface area contributed by atoms with Crippen LogP contribution < -0.4 is 0 Å². The van der Waals surface area contributed by atoms with Crippen molar-refractivity contribution in [2.24, 2.45) is 5.41 Å². The van der Waals surface area contributed by atoms with E-state index in [2.05, 4.69) is 0 Å². The average Bonchev–Trinajstić information content (AvgIpc) is 2.45. The summed E-state index contributed by atoms with van der Waals surface area (Å²) in [4.78, 5) is 22.7. The van der Waals surface area contributed by atoms with Gasteiger partial charge in [-0.1, -0.05) is 19.9 Å². The molecule has 1 aliphatic carbocycles. The Hall–Kier alpha value is -1.68. The number of hydrogen-bond donors (Lipinski definition) is 2. The minimum absolute atomic E-state index is 0.135. The van der Waals surface area contributed by atoms with Crippen molar-refractivity contribution in [3.05, 3.63) is 35.4 Å². The van der Waals surface area contributed by atoms with Gasteiger partial charge in [0.2, 0.25) is 0 Å². The molecule has 2 N–H and O–H groups in total. The smallest absolute Gasteiger partial charge is 0.328 e. The highest BCUT2D eigenvalue weighted by atomic mass is 16.4. The van der Waals surface area contributed by atoms with Gasteiger partial charge in [0.15, 0.2) is 5.78 Å². The first-order chi connectivity index (χ1) is 11.2. The summed E-state index contributed by atoms with van der Waals surface area (Å²) in [5, 5.41) is 19.9. The lowest BCUT2D eigenvalue weighted by atomic mass is 9.64. The van der Waals surface area contributed by atoms with Crippen LogP contribution in [-0.4, -0.2) is 27.6 Å². The summed E-state index contributed by atoms with van der Waals surface area (Å²) in [7, 11) is 0. The summed E-state index contributed by atoms with van der Waals surface area (Å²) in [6.45, 7) is -0.596. The van der Waals surface area contributed by atoms with Crippen molar-refractivity contribution in [3.8, 4) is 0 Å². The molecule has 0 saturated heterocycles. The van der Waals surface area contributed by atoms with E-state index in [4.69, 9.17) is 13.3 Å². The third-order valence-corrected chi connectivity index (χ3v) is 3.04. The Morgan fingerprint density at radius 2 is 2.26 bits per heavy atom. The zero-order valence-electron chi connectivity index (χ0n) is 16.8. The van der Waals surface area contributed by atoms with Gasteiger partial charge in [0.1, 0.15) is 5.60 Å². The molecule has 4 heteroatoms. The molecule has 1 rings (SSSR count). The fourth-order valence-electron chi connectivity index (χ4n) is 1.91. The van der Waals surface area contributed by atoms with Gasteiger partial charge in [0.25, 0.3) is 0 Å². The van der Waals surface area contributed by atoms with Gasteiger partial charge in [-0.15, -0.1) is 0 Å². The second-order valence-corrected chi connectivity index (χ2v) is 5.05. The normalized spacial score (nSPS) is 33.7. The predicted octanol–water partition coefficient (Wildman–Crippen LogP) is 2.25. The van der Waals surface area contributed by atoms with Gasteiger partial charge < -0.3 is 10.2 Å². The van der Waals surface area contributed by atoms with Crippen LogP contribution in [0.1, 0.15) is 42.2 Å². The fourth-order valence-corrected chi connectivity index (χ4v) is 1.91. The molecule has 1 atom stereocenters. The van der Waals surface area contributed by atoms with Gasteiger partial charge in [0, 0.05) is 23.4 Å². The number of carbonyl (C=O) groups excluding carboxylic acids is 1. The molecule has 0 unspecified atom stereocenters. The van der Waals surface area contributed by atoms with Gasteiger partial charge in [-0.05, 0) is 37.0 Å². The van der Waals surface area contributed by atoms with E-state index in [1.807, 2.05) is 0 Å². The number of allylic oxidation sites excluding steroid dienone is 3. The molecule has 104 valence electrons. The molecule has 0 aromatic heterocycles. The fraction of sp³-hybridized carbons (Fsp3) is 0.467. The number of hydrogen-bond acceptors (Lipinski definition) is 3. The molecular formula is C15H20O4. The number of carboxylic acid groups (broad SMARTS) is 1. The van der Waals surface area contributed by atoms with Gasteiger partial charge in [0.05, 0.1) is 2.74 Å². The molecular weight excluding hydrogens is 244 g/mol. The third kappa shape index (κ3) is 3.20. The number of aliphatic hydroxyl groups is 1. The van der Waals surface area contributed by atoms with Crippen molar-refractivity contribution in [2.75, 3.05) is 0 Å². The molecule has 0 fully saturated rings. The lowest BCUT2D eigenvalue weighted by molar-refractivity contribution is -0.131. The summed E-state index contributed by atoms with van der Waals surface area (Å²) in [6, 6.07) is -1.82. The minimum Gasteiger partial charge on any atom is -0.478 e. The van der Waals surface area contributed by atoms with Crippen molar-refractivity contribution in [3.63, 3.8) is 0 Å². The molecule has 0 amide bonds. The zero-order valence-corrected chi connectivity index (χ0v) is 10.8. The van der Waals surface area contributed by atoms with Crippen LogP contribution in [0, 0.1) is 5.41 Å². The highest BCUT2D eigenvalue weighted by molar-refractivity contribution is 5.92. The third-order valence-electron chi connectivity index (χ3n) is 3.04. The quantitative estimate of drug-likeness (QED) is 0.609. The molecule has 0 heterocycles. The second kappa shape index (κ2) is 5.13. The monoisotopic (exact) mass is 270 g/mol. The lowest BCUT2D eigenvalue weighted by Gasteiger charge is -2.43. The van der Waals surface area contributed by atoms with Crippen molar-refractivity contribution < 1.29 is 28.0 Å². The SMILES string of the molecule is [2H]CC1=CC(=O)CC(C)(C)[C@@]1(O)/C([2H])=C([2H])/C(=C\C(=O)O)C([2H])([2H])[2H]. The van der Waals surface area contributed by atoms with Crippen LogP contribution in [0.15, 0.2) is 35.4 Å². The molecule has 0 aromatic rings. The molecule has 0 radical (unpaired) electrons. The van der Waals surface area contributed by atoms with Crippen LogP contribution in [0.3, 0.4) is 0 Å². The number of ketones is 1. The van der Waals surface area contributed by atoms with Gasteiger partial charge in [-0.2, -0.15) is 0 Å². The van der Waals surface area contributed by atoms with E-state index >= 15 is 0 Å². The number of carboxylic acids is 1. The predicted molar refractivity (Wildman–Crippen MR) is 72.6 cm³/mol. The summed E-state index contributed by atoms with van der Waals surface area (Å²) < 4.78 is 45.9. The van der Waals surface area contributed by atoms with Crippen LogP contribution in [0.4, 0.5) is 0 Å². The topological polar surface area (TPSA) is 74.6 Å². The maximum absolute atomic E-state index is 11.8. The van der Waals surface area contributed by atoms with Crippen molar-refractivity contribution in [1.29, 1.82) is 0 Å². The van der Waals surface area contributed by atoms with E-state index in [9.17, 15) is 14.7 Å². The Bertz CT molecular complexity index is 687. The maximum atomic E-state index is 11.8. The summed E-state index contributed by atoms with van der Waals surface area (Å²) >= 11 is 0. The van der Waals surface area contributed by atoms with E-state index in [-0.39, 0.29) is 17.8 Å². The number of aliphatic carboxylic acids is 1. The van der Waals surface area contributed by atoms with Gasteiger partial charge in [-0.25, -0.2) is 4.79 Å². The molecule has 19 heavy (non-hydrogen) atoms. The zero-order chi connectivity index (χ0) is 19.8. The lowest BCUT2D eigenvalue weighted by Crippen LogP contribution is -2.48. The highest BCUT2D eigenvalue weighted by Gasteiger charge is 2.46. The Kier molecular flexibility index (Phi) is 2.29. The second-order valence-electron chi connectivity index (χ2n) is 5.05. The first kappa shape index (κ1) is 8.48. The largest absolute Gasteiger partial charge is 0.478 e. The average molecular weight is 270 g/mol. The summed E-state index contributed by atoms with van der Waals surface area (Å²) in [5.74, 6) is -1.96. The minimum atomic E-state index is -2.99. The standard InChI is InChI=1S/C15H20O4/c1-10(7-13(17)18)5-6-15(19)11(2)8-12(16)9-14(15,3)4/h5-8,19H,9H2,1-4H3,(H,17,18)/b6-5+,10-7-/t15-/m1/s1/i1D3,2D,5D,6D. The first-order valence-electron chi connectivity index (χ1n) is 8.78. The Labute approximate surface area is 121 Å². The molecule has 0 bridgehead atoms. The van der Waals surface area contributed by atoms with Gasteiger partial charge in [-0.3, -0.25) is 4.79 Å². The number of rotatable bonds is 3.